The van der Waals surface area contributed by atoms with Gasteiger partial charge in [-0.15, -0.1) is 12.1 Å². The zero-order chi connectivity index (χ0) is 43.9. The van der Waals surface area contributed by atoms with Crippen LogP contribution in [-0.2, 0) is 0 Å². The van der Waals surface area contributed by atoms with Gasteiger partial charge in [0.25, 0.3) is 0 Å². The first kappa shape index (κ1) is 48.8. The Morgan fingerprint density at radius 1 is 0.475 bits per heavy atom. The van der Waals surface area contributed by atoms with E-state index in [0.717, 1.165) is 63.5 Å². The van der Waals surface area contributed by atoms with E-state index in [2.05, 4.69) is 6.07 Å². The lowest BCUT2D eigenvalue weighted by Crippen LogP contribution is -2.53. The maximum Gasteiger partial charge on any atom is 0.864 e. The molecule has 17 heteroatoms. The van der Waals surface area contributed by atoms with Gasteiger partial charge in [-0.1, -0.05) is 59.8 Å². The Labute approximate surface area is 336 Å². The van der Waals surface area contributed by atoms with Gasteiger partial charge >= 0.3 is 7.32 Å². The van der Waals surface area contributed by atoms with E-state index in [-0.39, 0.29) is 5.56 Å². The molecule has 4 aromatic carbocycles. The van der Waals surface area contributed by atoms with Crippen molar-refractivity contribution < 1.29 is 71.1 Å². The van der Waals surface area contributed by atoms with Crippen molar-refractivity contribution in [1.82, 2.24) is 0 Å². The first-order valence-corrected chi connectivity index (χ1v) is 19.4. The van der Waals surface area contributed by atoms with E-state index in [0.29, 0.717) is 67.3 Å². The van der Waals surface area contributed by atoms with Crippen molar-refractivity contribution in [3.8, 4) is 17.2 Å². The third-order valence-electron chi connectivity index (χ3n) is 9.55. The molecule has 0 aliphatic carbocycles. The van der Waals surface area contributed by atoms with Crippen LogP contribution < -0.4 is 14.0 Å². The van der Waals surface area contributed by atoms with Crippen LogP contribution in [0, 0.1) is 75.9 Å². The van der Waals surface area contributed by atoms with Crippen LogP contribution >= 0.6 is 0 Å². The fraction of sp³-hybridized carbons (Fsp3) is 0.429. The van der Waals surface area contributed by atoms with E-state index in [4.69, 9.17) is 14.0 Å². The molecule has 4 aromatic rings. The van der Waals surface area contributed by atoms with Gasteiger partial charge in [-0.2, -0.15) is 6.07 Å². The molecule has 1 unspecified atom stereocenters. The number of rotatable bonds is 21. The summed E-state index contributed by atoms with van der Waals surface area (Å²) in [5.74, 6) is -21.3. The van der Waals surface area contributed by atoms with Crippen molar-refractivity contribution >= 4 is 7.32 Å². The average molecular weight is 852 g/mol. The highest BCUT2D eigenvalue weighted by molar-refractivity contribution is 6.39. The lowest BCUT2D eigenvalue weighted by Gasteiger charge is -2.46. The number of nitrogens with zero attached hydrogens (tertiary/aromatic N) is 1. The molecule has 0 aliphatic rings. The molecule has 1 atom stereocenters. The molecule has 0 radical (unpaired) electrons. The van der Waals surface area contributed by atoms with Crippen LogP contribution in [0.25, 0.3) is 0 Å². The first-order chi connectivity index (χ1) is 28.0. The molecule has 0 bridgehead atoms. The Morgan fingerprint density at radius 3 is 1.25 bits per heavy atom. The van der Waals surface area contributed by atoms with Gasteiger partial charge in [-0.3, -0.25) is 8.78 Å². The minimum absolute atomic E-state index is 0.326. The third-order valence-corrected chi connectivity index (χ3v) is 9.55. The molecule has 0 saturated heterocycles. The molecular formula is C42H46BF12NO3. The second-order valence-electron chi connectivity index (χ2n) is 13.9. The predicted molar refractivity (Wildman–Crippen MR) is 198 cm³/mol. The van der Waals surface area contributed by atoms with Crippen molar-refractivity contribution in [3.05, 3.63) is 124 Å². The van der Waals surface area contributed by atoms with Gasteiger partial charge in [-0.05, 0) is 25.7 Å². The minimum Gasteiger partial charge on any atom is -0.489 e. The summed E-state index contributed by atoms with van der Waals surface area (Å²) >= 11 is 0. The molecule has 0 saturated carbocycles. The number of quaternary nitrogens is 1. The summed E-state index contributed by atoms with van der Waals surface area (Å²) in [6, 6.07) is 4.98. The van der Waals surface area contributed by atoms with Crippen molar-refractivity contribution in [3.63, 3.8) is 0 Å². The van der Waals surface area contributed by atoms with Crippen LogP contribution in [-0.4, -0.2) is 31.4 Å². The predicted octanol–water partition coefficient (Wildman–Crippen LogP) is 13.2. The van der Waals surface area contributed by atoms with Gasteiger partial charge in [0.2, 0.25) is 0 Å². The molecular weight excluding hydrogens is 805 g/mol. The summed E-state index contributed by atoms with van der Waals surface area (Å²) < 4.78 is 183. The van der Waals surface area contributed by atoms with Crippen molar-refractivity contribution in [1.29, 1.82) is 0 Å². The highest BCUT2D eigenvalue weighted by atomic mass is 19.2. The van der Waals surface area contributed by atoms with E-state index in [1.807, 2.05) is 27.7 Å². The number of unbranched alkanes of at least 4 members (excludes halogenated alkanes) is 5. The van der Waals surface area contributed by atoms with Gasteiger partial charge < -0.3 is 18.4 Å². The van der Waals surface area contributed by atoms with Gasteiger partial charge in [0.15, 0.2) is 52.4 Å². The topological polar surface area (TPSA) is 27.7 Å². The summed E-state index contributed by atoms with van der Waals surface area (Å²) in [6.45, 7) is 9.77. The van der Waals surface area contributed by atoms with Gasteiger partial charge in [0.1, 0.15) is 23.3 Å². The molecule has 0 amide bonds. The maximum absolute atomic E-state index is 16.3. The fourth-order valence-corrected chi connectivity index (χ4v) is 6.52. The Kier molecular flexibility index (Phi) is 19.3. The van der Waals surface area contributed by atoms with Crippen molar-refractivity contribution in [2.45, 2.75) is 97.9 Å². The Bertz CT molecular complexity index is 1820. The lowest BCUT2D eigenvalue weighted by atomic mass is 9.92. The minimum atomic E-state index is -2.33. The van der Waals surface area contributed by atoms with Crippen LogP contribution in [0.15, 0.2) is 42.5 Å². The third kappa shape index (κ3) is 13.2. The highest BCUT2D eigenvalue weighted by Gasteiger charge is 2.43. The zero-order valence-corrected chi connectivity index (χ0v) is 33.1. The largest absolute Gasteiger partial charge is 0.864 e. The quantitative estimate of drug-likeness (QED) is 0.0209. The molecule has 4 rings (SSSR count). The summed E-state index contributed by atoms with van der Waals surface area (Å²) in [6.07, 6.45) is 7.18. The summed E-state index contributed by atoms with van der Waals surface area (Å²) in [5.41, 5.74) is -0.339. The molecule has 0 N–H and O–H groups in total. The number of hydrogen-bond donors (Lipinski definition) is 0. The summed E-state index contributed by atoms with van der Waals surface area (Å²) in [4.78, 5) is 0. The fourth-order valence-electron chi connectivity index (χ4n) is 6.52. The van der Waals surface area contributed by atoms with E-state index in [9.17, 15) is 39.5 Å². The number of benzene rings is 4. The van der Waals surface area contributed by atoms with E-state index >= 15 is 13.2 Å². The van der Waals surface area contributed by atoms with Crippen LogP contribution in [0.3, 0.4) is 0 Å². The second kappa shape index (κ2) is 23.3. The van der Waals surface area contributed by atoms with Crippen LogP contribution in [0.5, 0.6) is 17.2 Å². The lowest BCUT2D eigenvalue weighted by molar-refractivity contribution is -0.958. The molecule has 0 aromatic heterocycles. The van der Waals surface area contributed by atoms with Crippen LogP contribution in [0.1, 0.15) is 104 Å². The normalized spacial score (nSPS) is 11.9. The Morgan fingerprint density at radius 2 is 0.864 bits per heavy atom. The highest BCUT2D eigenvalue weighted by Crippen LogP contribution is 2.43. The maximum atomic E-state index is 16.3. The zero-order valence-electron chi connectivity index (χ0n) is 33.1. The molecule has 4 nitrogen and oxygen atoms in total. The van der Waals surface area contributed by atoms with E-state index in [1.165, 1.54) is 0 Å². The molecule has 59 heavy (non-hydrogen) atoms. The SMILES string of the molecule is CCCCCC(c1c(OB(Oc2cc(F)c(F)c(F)c2)Oc2cc(F)c(F)c(F)c2)cc(F)c(F)c1F)[N+](CCCC)(CCCC)CCCC.Fc1c[c-]cc(F)c1F. The Hall–Kier alpha value is -4.54. The first-order valence-electron chi connectivity index (χ1n) is 19.4. The standard InChI is InChI=1S/C36H44BF9NO3.C6H2F3/c1-5-9-13-14-30(47(15-10-6-2,16-11-7-3)17-12-8-4)32-31(22-29(42)35(45)36(32)46)50-37(48-23-18-25(38)33(43)26(39)19-23)49-24-20-27(40)34(44)28(41)21-24;7-4-2-1-3-5(8)6(4)9/h18-22,30H,5-17H2,1-4H3;2-3H/q+1;-1. The van der Waals surface area contributed by atoms with Gasteiger partial charge in [0, 0.05) is 48.4 Å². The van der Waals surface area contributed by atoms with E-state index in [1.54, 1.807) is 0 Å². The smallest absolute Gasteiger partial charge is 0.489 e. The summed E-state index contributed by atoms with van der Waals surface area (Å²) in [5, 5.41) is 0. The molecule has 0 fully saturated rings. The average Bonchev–Trinajstić information content (AvgIpc) is 3.19. The Balaban J connectivity index is 0.000000909. The van der Waals surface area contributed by atoms with E-state index < -0.39 is 100 Å². The second-order valence-corrected chi connectivity index (χ2v) is 13.9. The summed E-state index contributed by atoms with van der Waals surface area (Å²) in [7, 11) is -2.33. The monoisotopic (exact) mass is 851 g/mol. The number of halogens is 12. The van der Waals surface area contributed by atoms with Gasteiger partial charge in [0.05, 0.1) is 31.0 Å². The van der Waals surface area contributed by atoms with Crippen molar-refractivity contribution in [2.24, 2.45) is 0 Å². The van der Waals surface area contributed by atoms with Gasteiger partial charge in [-0.25, -0.2) is 43.9 Å². The van der Waals surface area contributed by atoms with Crippen LogP contribution in [0.2, 0.25) is 0 Å². The molecule has 324 valence electrons. The molecule has 0 heterocycles. The molecule has 0 spiro atoms. The number of hydrogen-bond acceptors (Lipinski definition) is 3. The van der Waals surface area contributed by atoms with Crippen molar-refractivity contribution in [2.75, 3.05) is 19.6 Å². The molecule has 0 aliphatic heterocycles. The van der Waals surface area contributed by atoms with Crippen LogP contribution in [0.4, 0.5) is 52.7 Å².